The van der Waals surface area contributed by atoms with Crippen LogP contribution < -0.4 is 4.74 Å². The van der Waals surface area contributed by atoms with Crippen LogP contribution in [0, 0.1) is 0 Å². The predicted molar refractivity (Wildman–Crippen MR) is 42.8 cm³/mol. The van der Waals surface area contributed by atoms with Crippen molar-refractivity contribution in [3.05, 3.63) is 23.5 Å². The smallest absolute Gasteiger partial charge is 0.422 e. The first-order valence-electron chi connectivity index (χ1n) is 3.97. The molecule has 0 bridgehead atoms. The van der Waals surface area contributed by atoms with Crippen molar-refractivity contribution in [2.24, 2.45) is 0 Å². The molecule has 0 atom stereocenters. The molecule has 0 saturated carbocycles. The highest BCUT2D eigenvalue weighted by atomic mass is 19.4. The minimum Gasteiger partial charge on any atom is -0.476 e. The number of pyridine rings is 1. The number of aromatic nitrogens is 1. The SMILES string of the molecule is O=C(O)c1nccc(OC(F)F)c1C(F)(F)F. The molecular weight excluding hydrogens is 253 g/mol. The quantitative estimate of drug-likeness (QED) is 0.844. The highest BCUT2D eigenvalue weighted by Crippen LogP contribution is 2.38. The summed E-state index contributed by atoms with van der Waals surface area (Å²) in [5, 5.41) is 8.48. The summed E-state index contributed by atoms with van der Waals surface area (Å²) in [5.41, 5.74) is -3.23. The lowest BCUT2D eigenvalue weighted by Gasteiger charge is -2.14. The van der Waals surface area contributed by atoms with Crippen molar-refractivity contribution in [2.45, 2.75) is 12.8 Å². The third-order valence-corrected chi connectivity index (χ3v) is 1.61. The lowest BCUT2D eigenvalue weighted by Crippen LogP contribution is -2.18. The minimum absolute atomic E-state index is 0.515. The van der Waals surface area contributed by atoms with Gasteiger partial charge < -0.3 is 9.84 Å². The van der Waals surface area contributed by atoms with E-state index in [1.54, 1.807) is 0 Å². The van der Waals surface area contributed by atoms with Gasteiger partial charge >= 0.3 is 18.8 Å². The van der Waals surface area contributed by atoms with Crippen molar-refractivity contribution in [2.75, 3.05) is 0 Å². The summed E-state index contributed by atoms with van der Waals surface area (Å²) in [6.45, 7) is -3.50. The number of carboxylic acid groups (broad SMARTS) is 1. The summed E-state index contributed by atoms with van der Waals surface area (Å²) >= 11 is 0. The number of ether oxygens (including phenoxy) is 1. The topological polar surface area (TPSA) is 59.4 Å². The van der Waals surface area contributed by atoms with E-state index in [9.17, 15) is 26.7 Å². The Balaban J connectivity index is 3.40. The van der Waals surface area contributed by atoms with Gasteiger partial charge in [-0.1, -0.05) is 0 Å². The number of carbonyl (C=O) groups is 1. The molecule has 4 nitrogen and oxygen atoms in total. The number of aromatic carboxylic acids is 1. The van der Waals surface area contributed by atoms with Crippen LogP contribution in [0.25, 0.3) is 0 Å². The first kappa shape index (κ1) is 13.1. The summed E-state index contributed by atoms with van der Waals surface area (Å²) < 4.78 is 64.8. The maximum Gasteiger partial charge on any atom is 0.422 e. The fourth-order valence-corrected chi connectivity index (χ4v) is 1.07. The van der Waals surface area contributed by atoms with E-state index in [0.29, 0.717) is 12.3 Å². The van der Waals surface area contributed by atoms with Crippen LogP contribution in [0.2, 0.25) is 0 Å². The van der Waals surface area contributed by atoms with E-state index in [2.05, 4.69) is 9.72 Å². The predicted octanol–water partition coefficient (Wildman–Crippen LogP) is 2.40. The molecule has 0 saturated heterocycles. The van der Waals surface area contributed by atoms with Gasteiger partial charge in [0, 0.05) is 6.20 Å². The Labute approximate surface area is 90.6 Å². The van der Waals surface area contributed by atoms with Crippen LogP contribution >= 0.6 is 0 Å². The lowest BCUT2D eigenvalue weighted by atomic mass is 10.1. The van der Waals surface area contributed by atoms with Crippen molar-refractivity contribution >= 4 is 5.97 Å². The standard InChI is InChI=1S/C8H4F5NO3/c9-7(10)17-3-1-2-14-5(6(15)16)4(3)8(11,12)13/h1-2,7H,(H,15,16). The Morgan fingerprint density at radius 2 is 2.00 bits per heavy atom. The molecule has 1 N–H and O–H groups in total. The summed E-state index contributed by atoms with van der Waals surface area (Å²) in [7, 11) is 0. The first-order valence-corrected chi connectivity index (χ1v) is 3.97. The first-order chi connectivity index (χ1) is 7.73. The fourth-order valence-electron chi connectivity index (χ4n) is 1.07. The summed E-state index contributed by atoms with van der Waals surface area (Å²) in [6.07, 6.45) is -4.53. The number of alkyl halides is 5. The largest absolute Gasteiger partial charge is 0.476 e. The van der Waals surface area contributed by atoms with Gasteiger partial charge in [0.1, 0.15) is 11.3 Å². The third kappa shape index (κ3) is 3.02. The zero-order valence-corrected chi connectivity index (χ0v) is 7.83. The number of hydrogen-bond acceptors (Lipinski definition) is 3. The molecule has 1 aromatic heterocycles. The maximum atomic E-state index is 12.5. The van der Waals surface area contributed by atoms with E-state index in [1.807, 2.05) is 0 Å². The zero-order valence-electron chi connectivity index (χ0n) is 7.83. The second kappa shape index (κ2) is 4.52. The molecule has 0 fully saturated rings. The Hall–Kier alpha value is -1.93. The molecule has 0 aliphatic rings. The molecule has 0 aliphatic heterocycles. The van der Waals surface area contributed by atoms with Gasteiger partial charge in [-0.15, -0.1) is 0 Å². The summed E-state index contributed by atoms with van der Waals surface area (Å²) in [5.74, 6) is -3.27. The van der Waals surface area contributed by atoms with Crippen molar-refractivity contribution in [3.8, 4) is 5.75 Å². The van der Waals surface area contributed by atoms with Crippen LogP contribution in [0.5, 0.6) is 5.75 Å². The number of nitrogens with zero attached hydrogens (tertiary/aromatic N) is 1. The van der Waals surface area contributed by atoms with Crippen LogP contribution in [-0.2, 0) is 6.18 Å². The number of carboxylic acids is 1. The van der Waals surface area contributed by atoms with Gasteiger partial charge in [0.25, 0.3) is 0 Å². The Morgan fingerprint density at radius 3 is 2.41 bits per heavy atom. The van der Waals surface area contributed by atoms with Crippen molar-refractivity contribution < 1.29 is 36.6 Å². The molecule has 1 heterocycles. The number of hydrogen-bond donors (Lipinski definition) is 1. The Morgan fingerprint density at radius 1 is 1.41 bits per heavy atom. The van der Waals surface area contributed by atoms with Gasteiger partial charge in [0.15, 0.2) is 5.69 Å². The molecule has 0 unspecified atom stereocenters. The van der Waals surface area contributed by atoms with Gasteiger partial charge in [-0.2, -0.15) is 22.0 Å². The Bertz CT molecular complexity index is 432. The van der Waals surface area contributed by atoms with Gasteiger partial charge in [0.2, 0.25) is 0 Å². The highest BCUT2D eigenvalue weighted by molar-refractivity contribution is 5.88. The average molecular weight is 257 g/mol. The van der Waals surface area contributed by atoms with Gasteiger partial charge in [-0.3, -0.25) is 0 Å². The van der Waals surface area contributed by atoms with E-state index in [1.165, 1.54) is 0 Å². The highest BCUT2D eigenvalue weighted by Gasteiger charge is 2.40. The van der Waals surface area contributed by atoms with Crippen LogP contribution in [0.15, 0.2) is 12.3 Å². The molecule has 0 aromatic carbocycles. The van der Waals surface area contributed by atoms with Gasteiger partial charge in [-0.25, -0.2) is 9.78 Å². The lowest BCUT2D eigenvalue weighted by molar-refractivity contribution is -0.142. The van der Waals surface area contributed by atoms with Crippen molar-refractivity contribution in [3.63, 3.8) is 0 Å². The molecule has 9 heteroatoms. The second-order valence-corrected chi connectivity index (χ2v) is 2.71. The molecular formula is C8H4F5NO3. The maximum absolute atomic E-state index is 12.5. The molecule has 1 aromatic rings. The zero-order chi connectivity index (χ0) is 13.2. The molecule has 1 rings (SSSR count). The number of rotatable bonds is 3. The van der Waals surface area contributed by atoms with Crippen LogP contribution in [0.4, 0.5) is 22.0 Å². The molecule has 17 heavy (non-hydrogen) atoms. The summed E-state index contributed by atoms with van der Waals surface area (Å²) in [6, 6.07) is 0.515. The second-order valence-electron chi connectivity index (χ2n) is 2.71. The average Bonchev–Trinajstić information content (AvgIpc) is 2.14. The van der Waals surface area contributed by atoms with Crippen LogP contribution in [0.3, 0.4) is 0 Å². The van der Waals surface area contributed by atoms with Gasteiger partial charge in [-0.05, 0) is 6.07 Å². The van der Waals surface area contributed by atoms with Crippen molar-refractivity contribution in [1.82, 2.24) is 4.98 Å². The van der Waals surface area contributed by atoms with E-state index in [-0.39, 0.29) is 0 Å². The molecule has 0 amide bonds. The van der Waals surface area contributed by atoms with E-state index in [4.69, 9.17) is 5.11 Å². The molecule has 0 aliphatic carbocycles. The fraction of sp³-hybridized carbons (Fsp3) is 0.250. The number of halogens is 5. The molecule has 0 radical (unpaired) electrons. The minimum atomic E-state index is -5.16. The van der Waals surface area contributed by atoms with Crippen LogP contribution in [-0.4, -0.2) is 22.7 Å². The van der Waals surface area contributed by atoms with E-state index >= 15 is 0 Å². The Kier molecular flexibility index (Phi) is 3.49. The van der Waals surface area contributed by atoms with Crippen molar-refractivity contribution in [1.29, 1.82) is 0 Å². The van der Waals surface area contributed by atoms with E-state index < -0.39 is 35.8 Å². The van der Waals surface area contributed by atoms with E-state index in [0.717, 1.165) is 0 Å². The summed E-state index contributed by atoms with van der Waals surface area (Å²) in [4.78, 5) is 13.5. The molecule has 94 valence electrons. The normalized spacial score (nSPS) is 11.6. The van der Waals surface area contributed by atoms with Crippen LogP contribution in [0.1, 0.15) is 16.1 Å². The third-order valence-electron chi connectivity index (χ3n) is 1.61. The monoisotopic (exact) mass is 257 g/mol. The molecule has 0 spiro atoms. The van der Waals surface area contributed by atoms with Gasteiger partial charge in [0.05, 0.1) is 0 Å².